The lowest BCUT2D eigenvalue weighted by atomic mass is 10.0. The summed E-state index contributed by atoms with van der Waals surface area (Å²) in [7, 11) is 0. The first-order valence-corrected chi connectivity index (χ1v) is 6.33. The molecule has 1 aromatic rings. The summed E-state index contributed by atoms with van der Waals surface area (Å²) in [5, 5.41) is -0.648. The van der Waals surface area contributed by atoms with Crippen molar-refractivity contribution in [3.8, 4) is 0 Å². The average molecular weight is 277 g/mol. The van der Waals surface area contributed by atoms with E-state index in [9.17, 15) is 13.2 Å². The van der Waals surface area contributed by atoms with Gasteiger partial charge in [-0.25, -0.2) is 13.2 Å². The van der Waals surface area contributed by atoms with Crippen LogP contribution in [0.1, 0.15) is 38.6 Å². The molecule has 0 saturated heterocycles. The maximum Gasteiger partial charge on any atom is 0.161 e. The molecule has 4 heteroatoms. The first-order valence-electron chi connectivity index (χ1n) is 5.89. The molecule has 1 aromatic carbocycles. The maximum atomic E-state index is 13.7. The zero-order valence-electron chi connectivity index (χ0n) is 10.8. The van der Waals surface area contributed by atoms with Crippen LogP contribution >= 0.6 is 11.6 Å². The third kappa shape index (κ3) is 1.75. The smallest absolute Gasteiger partial charge is 0.161 e. The molecule has 0 nitrogen and oxygen atoms in total. The third-order valence-electron chi connectivity index (χ3n) is 4.76. The monoisotopic (exact) mass is 276 g/mol. The van der Waals surface area contributed by atoms with E-state index in [4.69, 9.17) is 11.6 Å². The van der Waals surface area contributed by atoms with Crippen LogP contribution in [0.3, 0.4) is 0 Å². The SMILES string of the molecule is CC1(C)C(C(Cl)c2cc(F)c(F)cc2F)C1(C)C. The van der Waals surface area contributed by atoms with Crippen molar-refractivity contribution in [1.29, 1.82) is 0 Å². The van der Waals surface area contributed by atoms with Gasteiger partial charge in [0.25, 0.3) is 0 Å². The molecule has 100 valence electrons. The van der Waals surface area contributed by atoms with Gasteiger partial charge in [-0.05, 0) is 22.8 Å². The van der Waals surface area contributed by atoms with Gasteiger partial charge in [-0.3, -0.25) is 0 Å². The largest absolute Gasteiger partial charge is 0.207 e. The Kier molecular flexibility index (Phi) is 2.97. The zero-order chi connectivity index (χ0) is 13.9. The molecule has 1 atom stereocenters. The molecule has 0 spiro atoms. The summed E-state index contributed by atoms with van der Waals surface area (Å²) in [5.74, 6) is -3.00. The highest BCUT2D eigenvalue weighted by Crippen LogP contribution is 2.73. The number of rotatable bonds is 2. The molecule has 1 saturated carbocycles. The fourth-order valence-corrected chi connectivity index (χ4v) is 3.71. The number of hydrogen-bond acceptors (Lipinski definition) is 0. The molecule has 1 unspecified atom stereocenters. The number of hydrogen-bond donors (Lipinski definition) is 0. The van der Waals surface area contributed by atoms with E-state index in [2.05, 4.69) is 0 Å². The van der Waals surface area contributed by atoms with Gasteiger partial charge in [-0.2, -0.15) is 0 Å². The van der Waals surface area contributed by atoms with E-state index in [1.807, 2.05) is 27.7 Å². The van der Waals surface area contributed by atoms with Gasteiger partial charge in [-0.1, -0.05) is 27.7 Å². The van der Waals surface area contributed by atoms with E-state index in [1.54, 1.807) is 0 Å². The summed E-state index contributed by atoms with van der Waals surface area (Å²) in [4.78, 5) is 0. The van der Waals surface area contributed by atoms with E-state index in [1.165, 1.54) is 0 Å². The Labute approximate surface area is 110 Å². The van der Waals surface area contributed by atoms with Crippen LogP contribution in [0.2, 0.25) is 0 Å². The highest BCUT2D eigenvalue weighted by atomic mass is 35.5. The van der Waals surface area contributed by atoms with Crippen molar-refractivity contribution in [3.63, 3.8) is 0 Å². The first-order chi connectivity index (χ1) is 8.10. The molecule has 0 amide bonds. The standard InChI is InChI=1S/C14H16ClF3/c1-13(2)12(14(13,3)4)11(15)7-5-9(17)10(18)6-8(7)16/h5-6,11-12H,1-4H3. The highest BCUT2D eigenvalue weighted by Gasteiger charge is 2.67. The second-order valence-electron chi connectivity index (χ2n) is 6.11. The van der Waals surface area contributed by atoms with Crippen LogP contribution in [0.15, 0.2) is 12.1 Å². The quantitative estimate of drug-likeness (QED) is 0.523. The predicted molar refractivity (Wildman–Crippen MR) is 66.0 cm³/mol. The van der Waals surface area contributed by atoms with Crippen molar-refractivity contribution in [1.82, 2.24) is 0 Å². The highest BCUT2D eigenvalue weighted by molar-refractivity contribution is 6.21. The number of benzene rings is 1. The van der Waals surface area contributed by atoms with Crippen LogP contribution in [0.25, 0.3) is 0 Å². The summed E-state index contributed by atoms with van der Waals surface area (Å²) in [5.41, 5.74) is -0.0489. The van der Waals surface area contributed by atoms with Gasteiger partial charge in [0.05, 0.1) is 5.38 Å². The second kappa shape index (κ2) is 3.89. The van der Waals surface area contributed by atoms with Crippen LogP contribution in [-0.2, 0) is 0 Å². The van der Waals surface area contributed by atoms with E-state index in [-0.39, 0.29) is 22.3 Å². The summed E-state index contributed by atoms with van der Waals surface area (Å²) in [6.07, 6.45) is 0. The Morgan fingerprint density at radius 1 is 0.944 bits per heavy atom. The van der Waals surface area contributed by atoms with Crippen molar-refractivity contribution in [2.45, 2.75) is 33.1 Å². The first kappa shape index (κ1) is 13.7. The molecule has 0 bridgehead atoms. The lowest BCUT2D eigenvalue weighted by Crippen LogP contribution is -2.04. The van der Waals surface area contributed by atoms with Crippen LogP contribution in [0.4, 0.5) is 13.2 Å². The Morgan fingerprint density at radius 3 is 1.83 bits per heavy atom. The van der Waals surface area contributed by atoms with Gasteiger partial charge in [0.2, 0.25) is 0 Å². The molecule has 0 aliphatic heterocycles. The predicted octanol–water partition coefficient (Wildman–Crippen LogP) is 5.07. The number of halogens is 4. The normalized spacial score (nSPS) is 22.9. The average Bonchev–Trinajstić information content (AvgIpc) is 2.62. The van der Waals surface area contributed by atoms with Crippen LogP contribution in [0.5, 0.6) is 0 Å². The van der Waals surface area contributed by atoms with Crippen molar-refractivity contribution in [3.05, 3.63) is 35.1 Å². The van der Waals surface area contributed by atoms with Crippen LogP contribution in [0, 0.1) is 34.2 Å². The molecule has 1 aliphatic carbocycles. The van der Waals surface area contributed by atoms with Gasteiger partial charge in [0, 0.05) is 11.6 Å². The molecular formula is C14H16ClF3. The minimum Gasteiger partial charge on any atom is -0.207 e. The van der Waals surface area contributed by atoms with Gasteiger partial charge in [0.15, 0.2) is 11.6 Å². The fourth-order valence-electron chi connectivity index (χ4n) is 2.91. The van der Waals surface area contributed by atoms with E-state index in [0.717, 1.165) is 6.07 Å². The van der Waals surface area contributed by atoms with Crippen molar-refractivity contribution in [2.75, 3.05) is 0 Å². The second-order valence-corrected chi connectivity index (χ2v) is 6.58. The Morgan fingerprint density at radius 2 is 1.39 bits per heavy atom. The van der Waals surface area contributed by atoms with Gasteiger partial charge >= 0.3 is 0 Å². The maximum absolute atomic E-state index is 13.7. The summed E-state index contributed by atoms with van der Waals surface area (Å²) >= 11 is 6.27. The molecule has 0 heterocycles. The van der Waals surface area contributed by atoms with Gasteiger partial charge in [0.1, 0.15) is 5.82 Å². The van der Waals surface area contributed by atoms with E-state index < -0.39 is 22.8 Å². The summed E-state index contributed by atoms with van der Waals surface area (Å²) < 4.78 is 39.8. The molecule has 0 N–H and O–H groups in total. The molecule has 0 aromatic heterocycles. The molecule has 2 rings (SSSR count). The van der Waals surface area contributed by atoms with E-state index in [0.29, 0.717) is 6.07 Å². The molecule has 1 fully saturated rings. The van der Waals surface area contributed by atoms with Crippen LogP contribution in [-0.4, -0.2) is 0 Å². The summed E-state index contributed by atoms with van der Waals surface area (Å²) in [6.45, 7) is 8.19. The fraction of sp³-hybridized carbons (Fsp3) is 0.571. The van der Waals surface area contributed by atoms with Crippen molar-refractivity contribution >= 4 is 11.6 Å². The number of alkyl halides is 1. The minimum atomic E-state index is -1.19. The zero-order valence-corrected chi connectivity index (χ0v) is 11.6. The third-order valence-corrected chi connectivity index (χ3v) is 5.25. The Balaban J connectivity index is 2.37. The molecular weight excluding hydrogens is 261 g/mol. The van der Waals surface area contributed by atoms with Gasteiger partial charge in [-0.15, -0.1) is 11.6 Å². The van der Waals surface area contributed by atoms with Gasteiger partial charge < -0.3 is 0 Å². The molecule has 0 radical (unpaired) electrons. The summed E-state index contributed by atoms with van der Waals surface area (Å²) in [6, 6.07) is 1.43. The Bertz CT molecular complexity index is 480. The van der Waals surface area contributed by atoms with E-state index >= 15 is 0 Å². The van der Waals surface area contributed by atoms with Crippen molar-refractivity contribution in [2.24, 2.45) is 16.7 Å². The van der Waals surface area contributed by atoms with Crippen molar-refractivity contribution < 1.29 is 13.2 Å². The molecule has 18 heavy (non-hydrogen) atoms. The van der Waals surface area contributed by atoms with Crippen LogP contribution < -0.4 is 0 Å². The topological polar surface area (TPSA) is 0 Å². The Hall–Kier alpha value is -0.700. The lowest BCUT2D eigenvalue weighted by molar-refractivity contribution is 0.457. The lowest BCUT2D eigenvalue weighted by Gasteiger charge is -2.13. The molecule has 1 aliphatic rings. The minimum absolute atomic E-state index is 0.0334.